The van der Waals surface area contributed by atoms with Gasteiger partial charge in [0.05, 0.1) is 10.4 Å². The highest BCUT2D eigenvalue weighted by molar-refractivity contribution is 7.16. The van der Waals surface area contributed by atoms with Crippen molar-refractivity contribution in [2.75, 3.05) is 0 Å². The van der Waals surface area contributed by atoms with E-state index in [9.17, 15) is 0 Å². The number of rotatable bonds is 4. The van der Waals surface area contributed by atoms with E-state index in [4.69, 9.17) is 17.4 Å². The molecule has 3 N–H and O–H groups in total. The molecule has 88 valence electrons. The third kappa shape index (κ3) is 3.08. The highest BCUT2D eigenvalue weighted by atomic mass is 35.5. The van der Waals surface area contributed by atoms with Gasteiger partial charge in [-0.1, -0.05) is 23.3 Å². The van der Waals surface area contributed by atoms with Crippen LogP contribution in [0.4, 0.5) is 0 Å². The van der Waals surface area contributed by atoms with Crippen molar-refractivity contribution in [2.24, 2.45) is 5.84 Å². The Balaban J connectivity index is 2.02. The predicted molar refractivity (Wildman–Crippen MR) is 70.6 cm³/mol. The normalized spacial score (nSPS) is 18.2. The fourth-order valence-corrected chi connectivity index (χ4v) is 3.23. The fraction of sp³-hybridized carbons (Fsp3) is 0.500. The van der Waals surface area contributed by atoms with E-state index in [-0.39, 0.29) is 6.04 Å². The molecule has 1 aliphatic carbocycles. The van der Waals surface area contributed by atoms with Crippen LogP contribution in [0.1, 0.15) is 43.0 Å². The van der Waals surface area contributed by atoms with E-state index >= 15 is 0 Å². The molecule has 0 aromatic carbocycles. The predicted octanol–water partition coefficient (Wildman–Crippen LogP) is 3.80. The lowest BCUT2D eigenvalue weighted by Gasteiger charge is -2.19. The van der Waals surface area contributed by atoms with Crippen molar-refractivity contribution in [3.8, 4) is 0 Å². The van der Waals surface area contributed by atoms with Crippen LogP contribution in [-0.4, -0.2) is 0 Å². The van der Waals surface area contributed by atoms with Crippen LogP contribution < -0.4 is 11.3 Å². The van der Waals surface area contributed by atoms with Gasteiger partial charge in [0, 0.05) is 4.88 Å². The SMILES string of the molecule is NNC(CC1=CCCCC1)c1ccc(Cl)s1. The number of nitrogens with one attached hydrogen (secondary N) is 1. The van der Waals surface area contributed by atoms with Gasteiger partial charge in [-0.3, -0.25) is 11.3 Å². The summed E-state index contributed by atoms with van der Waals surface area (Å²) in [6.07, 6.45) is 8.45. The molecule has 4 heteroatoms. The van der Waals surface area contributed by atoms with Crippen molar-refractivity contribution in [3.63, 3.8) is 0 Å². The minimum atomic E-state index is 0.210. The number of allylic oxidation sites excluding steroid dienone is 1. The van der Waals surface area contributed by atoms with Gasteiger partial charge < -0.3 is 0 Å². The van der Waals surface area contributed by atoms with Crippen molar-refractivity contribution in [2.45, 2.75) is 38.1 Å². The van der Waals surface area contributed by atoms with Gasteiger partial charge in [0.15, 0.2) is 0 Å². The highest BCUT2D eigenvalue weighted by Crippen LogP contribution is 2.32. The lowest BCUT2D eigenvalue weighted by atomic mass is 9.94. The molecule has 0 saturated carbocycles. The van der Waals surface area contributed by atoms with E-state index in [0.717, 1.165) is 10.8 Å². The van der Waals surface area contributed by atoms with E-state index in [1.807, 2.05) is 6.07 Å². The summed E-state index contributed by atoms with van der Waals surface area (Å²) >= 11 is 7.54. The molecule has 2 nitrogen and oxygen atoms in total. The van der Waals surface area contributed by atoms with Gasteiger partial charge in [-0.2, -0.15) is 0 Å². The molecular weight excluding hydrogens is 240 g/mol. The molecule has 16 heavy (non-hydrogen) atoms. The topological polar surface area (TPSA) is 38.0 Å². The van der Waals surface area contributed by atoms with Gasteiger partial charge in [-0.15, -0.1) is 11.3 Å². The zero-order chi connectivity index (χ0) is 11.4. The maximum Gasteiger partial charge on any atom is 0.0931 e. The summed E-state index contributed by atoms with van der Waals surface area (Å²) in [7, 11) is 0. The Morgan fingerprint density at radius 3 is 2.88 bits per heavy atom. The Hall–Kier alpha value is -0.350. The molecule has 0 bridgehead atoms. The van der Waals surface area contributed by atoms with Crippen LogP contribution in [0.3, 0.4) is 0 Å². The maximum atomic E-state index is 5.94. The van der Waals surface area contributed by atoms with Gasteiger partial charge >= 0.3 is 0 Å². The molecule has 1 unspecified atom stereocenters. The molecule has 0 spiro atoms. The van der Waals surface area contributed by atoms with E-state index in [1.165, 1.54) is 36.1 Å². The quantitative estimate of drug-likeness (QED) is 0.489. The molecule has 1 aliphatic rings. The van der Waals surface area contributed by atoms with Crippen LogP contribution in [0, 0.1) is 0 Å². The van der Waals surface area contributed by atoms with Crippen molar-refractivity contribution >= 4 is 22.9 Å². The molecule has 2 rings (SSSR count). The maximum absolute atomic E-state index is 5.94. The first-order valence-electron chi connectivity index (χ1n) is 5.69. The van der Waals surface area contributed by atoms with Crippen LogP contribution in [-0.2, 0) is 0 Å². The summed E-state index contributed by atoms with van der Waals surface area (Å²) in [5.74, 6) is 5.62. The zero-order valence-corrected chi connectivity index (χ0v) is 10.8. The van der Waals surface area contributed by atoms with Crippen LogP contribution in [0.2, 0.25) is 4.34 Å². The van der Waals surface area contributed by atoms with Gasteiger partial charge in [0.2, 0.25) is 0 Å². The molecule has 0 saturated heterocycles. The average Bonchev–Trinajstić information content (AvgIpc) is 2.74. The molecular formula is C12H17ClN2S. The molecule has 0 amide bonds. The van der Waals surface area contributed by atoms with E-state index in [1.54, 1.807) is 11.3 Å². The Bertz CT molecular complexity index is 373. The van der Waals surface area contributed by atoms with Crippen molar-refractivity contribution in [1.82, 2.24) is 5.43 Å². The van der Waals surface area contributed by atoms with Gasteiger partial charge in [-0.05, 0) is 44.2 Å². The number of nitrogens with two attached hydrogens (primary N) is 1. The molecule has 1 aromatic heterocycles. The molecule has 1 aromatic rings. The minimum absolute atomic E-state index is 0.210. The monoisotopic (exact) mass is 256 g/mol. The van der Waals surface area contributed by atoms with Crippen molar-refractivity contribution in [3.05, 3.63) is 33.0 Å². The number of thiophene rings is 1. The Labute approximate surface area is 105 Å². The van der Waals surface area contributed by atoms with Crippen LogP contribution in [0.15, 0.2) is 23.8 Å². The number of hydrazine groups is 1. The molecule has 0 fully saturated rings. The number of hydrogen-bond donors (Lipinski definition) is 2. The summed E-state index contributed by atoms with van der Waals surface area (Å²) in [6.45, 7) is 0. The third-order valence-corrected chi connectivity index (χ3v) is 4.33. The van der Waals surface area contributed by atoms with Gasteiger partial charge in [0.1, 0.15) is 0 Å². The number of halogens is 1. The molecule has 0 radical (unpaired) electrons. The summed E-state index contributed by atoms with van der Waals surface area (Å²) in [5.41, 5.74) is 4.42. The third-order valence-electron chi connectivity index (χ3n) is 2.99. The van der Waals surface area contributed by atoms with E-state index < -0.39 is 0 Å². The van der Waals surface area contributed by atoms with Crippen LogP contribution in [0.25, 0.3) is 0 Å². The highest BCUT2D eigenvalue weighted by Gasteiger charge is 2.15. The standard InChI is InChI=1S/C12H17ClN2S/c13-12-7-6-11(16-12)10(15-14)8-9-4-2-1-3-5-9/h4,6-7,10,15H,1-3,5,8,14H2. The largest absolute Gasteiger partial charge is 0.271 e. The summed E-state index contributed by atoms with van der Waals surface area (Å²) in [4.78, 5) is 1.22. The van der Waals surface area contributed by atoms with Crippen LogP contribution >= 0.6 is 22.9 Å². The van der Waals surface area contributed by atoms with Crippen LogP contribution in [0.5, 0.6) is 0 Å². The van der Waals surface area contributed by atoms with E-state index in [0.29, 0.717) is 0 Å². The number of hydrogen-bond acceptors (Lipinski definition) is 3. The van der Waals surface area contributed by atoms with E-state index in [2.05, 4.69) is 17.6 Å². The lowest BCUT2D eigenvalue weighted by Crippen LogP contribution is -2.27. The fourth-order valence-electron chi connectivity index (χ4n) is 2.11. The van der Waals surface area contributed by atoms with Gasteiger partial charge in [0.25, 0.3) is 0 Å². The summed E-state index contributed by atoms with van der Waals surface area (Å²) in [6, 6.07) is 4.20. The smallest absolute Gasteiger partial charge is 0.0931 e. The average molecular weight is 257 g/mol. The second-order valence-electron chi connectivity index (χ2n) is 4.17. The first-order valence-corrected chi connectivity index (χ1v) is 6.88. The second-order valence-corrected chi connectivity index (χ2v) is 5.92. The van der Waals surface area contributed by atoms with Crippen molar-refractivity contribution in [1.29, 1.82) is 0 Å². The summed E-state index contributed by atoms with van der Waals surface area (Å²) in [5, 5.41) is 0. The summed E-state index contributed by atoms with van der Waals surface area (Å²) < 4.78 is 0.827. The second kappa shape index (κ2) is 5.82. The van der Waals surface area contributed by atoms with Gasteiger partial charge in [-0.25, -0.2) is 0 Å². The Morgan fingerprint density at radius 1 is 1.44 bits per heavy atom. The van der Waals surface area contributed by atoms with Crippen molar-refractivity contribution < 1.29 is 0 Å². The first-order chi connectivity index (χ1) is 7.79. The minimum Gasteiger partial charge on any atom is -0.271 e. The Kier molecular flexibility index (Phi) is 4.41. The zero-order valence-electron chi connectivity index (χ0n) is 9.21. The molecule has 1 atom stereocenters. The molecule has 1 heterocycles. The first kappa shape index (κ1) is 12.1. The molecule has 0 aliphatic heterocycles. The lowest BCUT2D eigenvalue weighted by molar-refractivity contribution is 0.536. The Morgan fingerprint density at radius 2 is 2.31 bits per heavy atom.